The third kappa shape index (κ3) is 3.92. The maximum Gasteiger partial charge on any atom is 0.341 e. The van der Waals surface area contributed by atoms with Crippen LogP contribution in [0.3, 0.4) is 0 Å². The van der Waals surface area contributed by atoms with Crippen LogP contribution in [0.25, 0.3) is 0 Å². The first-order valence-electron chi connectivity index (χ1n) is 11.2. The number of carbonyl (C=O) groups excluding carboxylic acids is 2. The van der Waals surface area contributed by atoms with Crippen molar-refractivity contribution >= 4 is 11.9 Å². The average Bonchev–Trinajstić information content (AvgIpc) is 3.57. The lowest BCUT2D eigenvalue weighted by molar-refractivity contribution is -0.0533. The number of esters is 2. The van der Waals surface area contributed by atoms with Crippen molar-refractivity contribution in [2.24, 2.45) is 0 Å². The van der Waals surface area contributed by atoms with Crippen molar-refractivity contribution in [3.05, 3.63) is 119 Å². The SMILES string of the molecule is Cc1ccccc1C1c2ccccc2C(C)C(OC(=O)c2ccoc2)C1OC(=O)c1ccoc1. The van der Waals surface area contributed by atoms with Gasteiger partial charge in [0.25, 0.3) is 0 Å². The smallest absolute Gasteiger partial charge is 0.341 e. The Balaban J connectivity index is 1.63. The van der Waals surface area contributed by atoms with E-state index in [9.17, 15) is 9.59 Å². The van der Waals surface area contributed by atoms with E-state index < -0.39 is 24.1 Å². The molecule has 2 aromatic heterocycles. The minimum atomic E-state index is -0.760. The first kappa shape index (κ1) is 21.8. The summed E-state index contributed by atoms with van der Waals surface area (Å²) in [6.45, 7) is 4.01. The summed E-state index contributed by atoms with van der Waals surface area (Å²) in [5, 5.41) is 0. The fraction of sp³-hybridized carbons (Fsp3) is 0.214. The van der Waals surface area contributed by atoms with Crippen LogP contribution in [0.1, 0.15) is 61.7 Å². The molecule has 0 saturated heterocycles. The van der Waals surface area contributed by atoms with Gasteiger partial charge in [-0.3, -0.25) is 0 Å². The first-order chi connectivity index (χ1) is 16.5. The van der Waals surface area contributed by atoms with Crippen LogP contribution in [0.15, 0.2) is 94.6 Å². The minimum Gasteiger partial charge on any atom is -0.472 e. The normalized spacial score (nSPS) is 21.5. The van der Waals surface area contributed by atoms with E-state index in [0.29, 0.717) is 11.1 Å². The molecule has 0 N–H and O–H groups in total. The highest BCUT2D eigenvalue weighted by atomic mass is 16.6. The van der Waals surface area contributed by atoms with E-state index in [2.05, 4.69) is 6.07 Å². The summed E-state index contributed by atoms with van der Waals surface area (Å²) in [5.41, 5.74) is 4.77. The molecule has 0 aliphatic heterocycles. The van der Waals surface area contributed by atoms with Crippen molar-refractivity contribution in [2.75, 3.05) is 0 Å². The zero-order valence-electron chi connectivity index (χ0n) is 18.8. The molecular weight excluding hydrogens is 432 g/mol. The van der Waals surface area contributed by atoms with E-state index in [1.165, 1.54) is 25.1 Å². The van der Waals surface area contributed by atoms with Gasteiger partial charge in [-0.25, -0.2) is 9.59 Å². The average molecular weight is 456 g/mol. The zero-order chi connectivity index (χ0) is 23.7. The number of fused-ring (bicyclic) bond motifs is 1. The maximum absolute atomic E-state index is 13.1. The van der Waals surface area contributed by atoms with E-state index in [1.807, 2.05) is 56.3 Å². The second kappa shape index (κ2) is 9.06. The number of rotatable bonds is 5. The molecule has 5 rings (SSSR count). The summed E-state index contributed by atoms with van der Waals surface area (Å²) in [5.74, 6) is -1.60. The topological polar surface area (TPSA) is 78.9 Å². The highest BCUT2D eigenvalue weighted by molar-refractivity contribution is 5.90. The van der Waals surface area contributed by atoms with E-state index >= 15 is 0 Å². The first-order valence-corrected chi connectivity index (χ1v) is 11.2. The summed E-state index contributed by atoms with van der Waals surface area (Å²) in [6.07, 6.45) is 4.04. The van der Waals surface area contributed by atoms with Crippen molar-refractivity contribution < 1.29 is 27.9 Å². The van der Waals surface area contributed by atoms with E-state index in [-0.39, 0.29) is 11.8 Å². The lowest BCUT2D eigenvalue weighted by Gasteiger charge is -2.42. The zero-order valence-corrected chi connectivity index (χ0v) is 18.8. The molecule has 0 radical (unpaired) electrons. The molecule has 4 unspecified atom stereocenters. The fourth-order valence-electron chi connectivity index (χ4n) is 4.77. The Morgan fingerprint density at radius 1 is 0.706 bits per heavy atom. The number of carbonyl (C=O) groups is 2. The van der Waals surface area contributed by atoms with Gasteiger partial charge in [0.05, 0.1) is 29.6 Å². The number of ether oxygens (including phenoxy) is 2. The Morgan fingerprint density at radius 2 is 1.24 bits per heavy atom. The number of aryl methyl sites for hydroxylation is 1. The lowest BCUT2D eigenvalue weighted by atomic mass is 9.70. The van der Waals surface area contributed by atoms with Crippen molar-refractivity contribution in [1.29, 1.82) is 0 Å². The van der Waals surface area contributed by atoms with Gasteiger partial charge >= 0.3 is 11.9 Å². The summed E-state index contributed by atoms with van der Waals surface area (Å²) in [4.78, 5) is 26.0. The van der Waals surface area contributed by atoms with Crippen LogP contribution in [-0.4, -0.2) is 24.1 Å². The van der Waals surface area contributed by atoms with E-state index in [1.54, 1.807) is 12.1 Å². The van der Waals surface area contributed by atoms with Crippen LogP contribution in [0, 0.1) is 6.92 Å². The number of hydrogen-bond acceptors (Lipinski definition) is 6. The Kier molecular flexibility index (Phi) is 5.80. The minimum absolute atomic E-state index is 0.213. The van der Waals surface area contributed by atoms with Gasteiger partial charge in [0.2, 0.25) is 0 Å². The van der Waals surface area contributed by atoms with Gasteiger partial charge in [-0.05, 0) is 41.3 Å². The quantitative estimate of drug-likeness (QED) is 0.349. The molecule has 4 aromatic rings. The molecule has 0 saturated carbocycles. The second-order valence-electron chi connectivity index (χ2n) is 8.52. The molecular formula is C28H24O6. The molecule has 6 nitrogen and oxygen atoms in total. The molecule has 2 heterocycles. The standard InChI is InChI=1S/C28H24O6/c1-17-7-3-4-8-21(17)24-23-10-6-5-9-22(23)18(2)25(33-27(29)19-11-13-31-15-19)26(24)34-28(30)20-12-14-32-16-20/h3-16,18,24-26H,1-2H3. The highest BCUT2D eigenvalue weighted by Gasteiger charge is 2.47. The van der Waals surface area contributed by atoms with Crippen molar-refractivity contribution in [2.45, 2.75) is 37.9 Å². The van der Waals surface area contributed by atoms with Crippen LogP contribution in [-0.2, 0) is 9.47 Å². The molecule has 0 bridgehead atoms. The van der Waals surface area contributed by atoms with Crippen LogP contribution in [0.4, 0.5) is 0 Å². The van der Waals surface area contributed by atoms with Crippen LogP contribution < -0.4 is 0 Å². The summed E-state index contributed by atoms with van der Waals surface area (Å²) in [6, 6.07) is 19.1. The monoisotopic (exact) mass is 456 g/mol. The molecule has 6 heteroatoms. The van der Waals surface area contributed by atoms with Gasteiger partial charge in [-0.2, -0.15) is 0 Å². The Morgan fingerprint density at radius 3 is 1.79 bits per heavy atom. The maximum atomic E-state index is 13.1. The molecule has 2 aromatic carbocycles. The Bertz CT molecular complexity index is 1290. The highest BCUT2D eigenvalue weighted by Crippen LogP contribution is 2.46. The van der Waals surface area contributed by atoms with Crippen molar-refractivity contribution in [3.63, 3.8) is 0 Å². The Hall–Kier alpha value is -4.06. The molecule has 1 aliphatic rings. The number of furan rings is 2. The van der Waals surface area contributed by atoms with E-state index in [4.69, 9.17) is 18.3 Å². The third-order valence-corrected chi connectivity index (χ3v) is 6.49. The second-order valence-corrected chi connectivity index (χ2v) is 8.52. The van der Waals surface area contributed by atoms with Crippen molar-refractivity contribution in [3.8, 4) is 0 Å². The van der Waals surface area contributed by atoms with Crippen LogP contribution >= 0.6 is 0 Å². The van der Waals surface area contributed by atoms with Gasteiger partial charge in [0.15, 0.2) is 6.10 Å². The molecule has 172 valence electrons. The van der Waals surface area contributed by atoms with Gasteiger partial charge < -0.3 is 18.3 Å². The van der Waals surface area contributed by atoms with Crippen molar-refractivity contribution in [1.82, 2.24) is 0 Å². The van der Waals surface area contributed by atoms with Crippen LogP contribution in [0.5, 0.6) is 0 Å². The van der Waals surface area contributed by atoms with Gasteiger partial charge in [0, 0.05) is 5.92 Å². The lowest BCUT2D eigenvalue weighted by Crippen LogP contribution is -2.46. The molecule has 34 heavy (non-hydrogen) atoms. The molecule has 0 fully saturated rings. The van der Waals surface area contributed by atoms with E-state index in [0.717, 1.165) is 22.3 Å². The molecule has 0 amide bonds. The predicted molar refractivity (Wildman–Crippen MR) is 124 cm³/mol. The third-order valence-electron chi connectivity index (χ3n) is 6.49. The Labute approximate surface area is 197 Å². The molecule has 4 atom stereocenters. The van der Waals surface area contributed by atoms with Gasteiger partial charge in [-0.15, -0.1) is 0 Å². The largest absolute Gasteiger partial charge is 0.472 e. The van der Waals surface area contributed by atoms with Crippen LogP contribution in [0.2, 0.25) is 0 Å². The molecule has 1 aliphatic carbocycles. The van der Waals surface area contributed by atoms with Gasteiger partial charge in [0.1, 0.15) is 18.6 Å². The predicted octanol–water partition coefficient (Wildman–Crippen LogP) is 5.88. The number of benzene rings is 2. The number of hydrogen-bond donors (Lipinski definition) is 0. The summed E-state index contributed by atoms with van der Waals surface area (Å²) in [7, 11) is 0. The fourth-order valence-corrected chi connectivity index (χ4v) is 4.77. The summed E-state index contributed by atoms with van der Waals surface area (Å²) >= 11 is 0. The van der Waals surface area contributed by atoms with Gasteiger partial charge in [-0.1, -0.05) is 55.5 Å². The summed E-state index contributed by atoms with van der Waals surface area (Å²) < 4.78 is 22.3. The molecule has 0 spiro atoms.